The second kappa shape index (κ2) is 6.86. The van der Waals surface area contributed by atoms with E-state index in [2.05, 4.69) is 0 Å². The maximum Gasteiger partial charge on any atom is 0.222 e. The lowest BCUT2D eigenvalue weighted by Gasteiger charge is -2.12. The predicted molar refractivity (Wildman–Crippen MR) is 74.6 cm³/mol. The summed E-state index contributed by atoms with van der Waals surface area (Å²) in [5.74, 6) is 0.702. The zero-order valence-electron chi connectivity index (χ0n) is 10.8. The summed E-state index contributed by atoms with van der Waals surface area (Å²) in [4.78, 5) is 12.9. The molecule has 1 aromatic rings. The van der Waals surface area contributed by atoms with Crippen molar-refractivity contribution >= 4 is 29.1 Å². The van der Waals surface area contributed by atoms with Gasteiger partial charge < -0.3 is 9.64 Å². The van der Waals surface area contributed by atoms with Gasteiger partial charge in [-0.25, -0.2) is 0 Å². The summed E-state index contributed by atoms with van der Waals surface area (Å²) in [5.41, 5.74) is 0.806. The first-order valence-electron chi connectivity index (χ1n) is 5.71. The quantitative estimate of drug-likeness (QED) is 0.776. The third-order valence-electron chi connectivity index (χ3n) is 2.58. The third kappa shape index (κ3) is 4.07. The first-order valence-corrected chi connectivity index (χ1v) is 6.46. The van der Waals surface area contributed by atoms with Crippen molar-refractivity contribution in [2.75, 3.05) is 20.7 Å². The predicted octanol–water partition coefficient (Wildman–Crippen LogP) is 3.55. The van der Waals surface area contributed by atoms with Gasteiger partial charge in [0.15, 0.2) is 0 Å². The lowest BCUT2D eigenvalue weighted by atomic mass is 10.2. The van der Waals surface area contributed by atoms with Crippen molar-refractivity contribution < 1.29 is 9.53 Å². The molecule has 0 spiro atoms. The van der Waals surface area contributed by atoms with Crippen LogP contribution < -0.4 is 4.74 Å². The minimum absolute atomic E-state index is 0.0944. The summed E-state index contributed by atoms with van der Waals surface area (Å²) in [7, 11) is 3.48. The molecule has 1 amide bonds. The molecule has 0 aliphatic carbocycles. The number of nitrogens with zero attached hydrogens (tertiary/aromatic N) is 1. The normalized spacial score (nSPS) is 10.3. The van der Waals surface area contributed by atoms with Gasteiger partial charge in [0.05, 0.1) is 11.6 Å². The van der Waals surface area contributed by atoms with Crippen LogP contribution in [0.1, 0.15) is 18.4 Å². The van der Waals surface area contributed by atoms with Crippen molar-refractivity contribution in [3.05, 3.63) is 27.7 Å². The van der Waals surface area contributed by atoms with Gasteiger partial charge >= 0.3 is 0 Å². The highest BCUT2D eigenvalue weighted by molar-refractivity contribution is 6.36. The fraction of sp³-hybridized carbons (Fsp3) is 0.462. The number of carbonyl (C=O) groups is 1. The Kier molecular flexibility index (Phi) is 5.76. The summed E-state index contributed by atoms with van der Waals surface area (Å²) >= 11 is 12.0. The van der Waals surface area contributed by atoms with Gasteiger partial charge in [-0.1, -0.05) is 23.2 Å². The fourth-order valence-electron chi connectivity index (χ4n) is 1.38. The van der Waals surface area contributed by atoms with Gasteiger partial charge in [-0.2, -0.15) is 0 Å². The molecule has 0 unspecified atom stereocenters. The maximum absolute atomic E-state index is 11.3. The van der Waals surface area contributed by atoms with Crippen LogP contribution in [0.4, 0.5) is 0 Å². The molecule has 0 aliphatic heterocycles. The topological polar surface area (TPSA) is 29.5 Å². The van der Waals surface area contributed by atoms with E-state index < -0.39 is 0 Å². The van der Waals surface area contributed by atoms with Crippen LogP contribution in [-0.4, -0.2) is 31.5 Å². The zero-order chi connectivity index (χ0) is 13.7. The molecule has 0 fully saturated rings. The van der Waals surface area contributed by atoms with Crippen LogP contribution in [0.15, 0.2) is 12.1 Å². The molecule has 0 saturated carbocycles. The van der Waals surface area contributed by atoms with Crippen LogP contribution in [0.25, 0.3) is 0 Å². The number of benzene rings is 1. The molecule has 0 aliphatic rings. The highest BCUT2D eigenvalue weighted by Crippen LogP contribution is 2.32. The molecule has 1 aromatic carbocycles. The molecule has 0 heterocycles. The molecule has 1 rings (SSSR count). The van der Waals surface area contributed by atoms with Crippen molar-refractivity contribution in [3.63, 3.8) is 0 Å². The van der Waals surface area contributed by atoms with Gasteiger partial charge in [0.25, 0.3) is 0 Å². The molecular formula is C13H17Cl2NO2. The Morgan fingerprint density at radius 2 is 2.00 bits per heavy atom. The SMILES string of the molecule is Cc1c(Cl)ccc(OCCCC(=O)N(C)C)c1Cl. The molecule has 0 radical (unpaired) electrons. The molecule has 0 aromatic heterocycles. The van der Waals surface area contributed by atoms with Crippen LogP contribution in [0.2, 0.25) is 10.0 Å². The minimum Gasteiger partial charge on any atom is -0.492 e. The zero-order valence-corrected chi connectivity index (χ0v) is 12.3. The Morgan fingerprint density at radius 3 is 2.61 bits per heavy atom. The lowest BCUT2D eigenvalue weighted by Crippen LogP contribution is -2.21. The number of halogens is 2. The summed E-state index contributed by atoms with van der Waals surface area (Å²) in [5, 5.41) is 1.15. The summed E-state index contributed by atoms with van der Waals surface area (Å²) in [6, 6.07) is 3.49. The highest BCUT2D eigenvalue weighted by atomic mass is 35.5. The smallest absolute Gasteiger partial charge is 0.222 e. The van der Waals surface area contributed by atoms with E-state index in [4.69, 9.17) is 27.9 Å². The van der Waals surface area contributed by atoms with Crippen molar-refractivity contribution in [3.8, 4) is 5.75 Å². The van der Waals surface area contributed by atoms with Crippen LogP contribution in [0.5, 0.6) is 5.75 Å². The number of ether oxygens (including phenoxy) is 1. The van der Waals surface area contributed by atoms with E-state index >= 15 is 0 Å². The average Bonchev–Trinajstić information content (AvgIpc) is 2.33. The summed E-state index contributed by atoms with van der Waals surface area (Å²) in [6.07, 6.45) is 1.13. The van der Waals surface area contributed by atoms with Gasteiger partial charge in [0.2, 0.25) is 5.91 Å². The van der Waals surface area contributed by atoms with E-state index in [-0.39, 0.29) is 5.91 Å². The standard InChI is InChI=1S/C13H17Cl2NO2/c1-9-10(14)6-7-11(13(9)15)18-8-4-5-12(17)16(2)3/h6-7H,4-5,8H2,1-3H3. The summed E-state index contributed by atoms with van der Waals surface area (Å²) < 4.78 is 5.54. The lowest BCUT2D eigenvalue weighted by molar-refractivity contribution is -0.128. The van der Waals surface area contributed by atoms with Gasteiger partial charge in [-0.3, -0.25) is 4.79 Å². The minimum atomic E-state index is 0.0944. The molecule has 5 heteroatoms. The molecule has 0 N–H and O–H groups in total. The fourth-order valence-corrected chi connectivity index (χ4v) is 1.80. The molecular weight excluding hydrogens is 273 g/mol. The van der Waals surface area contributed by atoms with Gasteiger partial charge in [0.1, 0.15) is 5.75 Å². The molecule has 0 atom stereocenters. The second-order valence-electron chi connectivity index (χ2n) is 4.22. The van der Waals surface area contributed by atoms with Crippen LogP contribution in [0.3, 0.4) is 0 Å². The Bertz CT molecular complexity index is 433. The van der Waals surface area contributed by atoms with E-state index in [0.717, 1.165) is 5.56 Å². The first-order chi connectivity index (χ1) is 8.43. The summed E-state index contributed by atoms with van der Waals surface area (Å²) in [6.45, 7) is 2.30. The highest BCUT2D eigenvalue weighted by Gasteiger charge is 2.08. The second-order valence-corrected chi connectivity index (χ2v) is 5.01. The van der Waals surface area contributed by atoms with Gasteiger partial charge in [-0.05, 0) is 31.0 Å². The molecule has 0 saturated heterocycles. The van der Waals surface area contributed by atoms with Crippen LogP contribution >= 0.6 is 23.2 Å². The van der Waals surface area contributed by atoms with Crippen LogP contribution in [0, 0.1) is 6.92 Å². The number of rotatable bonds is 5. The Hall–Kier alpha value is -0.930. The van der Waals surface area contributed by atoms with E-state index in [9.17, 15) is 4.79 Å². The van der Waals surface area contributed by atoms with Crippen molar-refractivity contribution in [1.29, 1.82) is 0 Å². The third-order valence-corrected chi connectivity index (χ3v) is 3.46. The number of hydrogen-bond acceptors (Lipinski definition) is 2. The molecule has 100 valence electrons. The largest absolute Gasteiger partial charge is 0.492 e. The number of carbonyl (C=O) groups excluding carboxylic acids is 1. The van der Waals surface area contributed by atoms with Crippen molar-refractivity contribution in [2.24, 2.45) is 0 Å². The van der Waals surface area contributed by atoms with E-state index in [1.54, 1.807) is 31.1 Å². The Morgan fingerprint density at radius 1 is 1.33 bits per heavy atom. The number of hydrogen-bond donors (Lipinski definition) is 0. The molecule has 18 heavy (non-hydrogen) atoms. The van der Waals surface area contributed by atoms with Crippen molar-refractivity contribution in [1.82, 2.24) is 4.90 Å². The van der Waals surface area contributed by atoms with E-state index in [0.29, 0.717) is 35.2 Å². The Labute approximate surface area is 118 Å². The molecule has 0 bridgehead atoms. The number of amides is 1. The average molecular weight is 290 g/mol. The van der Waals surface area contributed by atoms with Gasteiger partial charge in [-0.15, -0.1) is 0 Å². The maximum atomic E-state index is 11.3. The van der Waals surface area contributed by atoms with Gasteiger partial charge in [0, 0.05) is 25.5 Å². The van der Waals surface area contributed by atoms with Crippen molar-refractivity contribution in [2.45, 2.75) is 19.8 Å². The molecule has 3 nitrogen and oxygen atoms in total. The van der Waals surface area contributed by atoms with E-state index in [1.807, 2.05) is 6.92 Å². The van der Waals surface area contributed by atoms with Crippen LogP contribution in [-0.2, 0) is 4.79 Å². The monoisotopic (exact) mass is 289 g/mol. The van der Waals surface area contributed by atoms with E-state index in [1.165, 1.54) is 0 Å². The Balaban J connectivity index is 2.45. The first kappa shape index (κ1) is 15.1.